The van der Waals surface area contributed by atoms with Crippen molar-refractivity contribution in [3.63, 3.8) is 0 Å². The van der Waals surface area contributed by atoms with Crippen LogP contribution in [0.25, 0.3) is 111 Å². The average molecular weight is 1180 g/mol. The van der Waals surface area contributed by atoms with E-state index in [0.29, 0.717) is 37.7 Å². The van der Waals surface area contributed by atoms with Crippen molar-refractivity contribution >= 4 is 54.6 Å². The minimum absolute atomic E-state index is 0.139. The molecule has 0 N–H and O–H groups in total. The van der Waals surface area contributed by atoms with Crippen LogP contribution in [0.15, 0.2) is 243 Å². The summed E-state index contributed by atoms with van der Waals surface area (Å²) >= 11 is 2.18. The van der Waals surface area contributed by atoms with Gasteiger partial charge in [0.2, 0.25) is 0 Å². The van der Waals surface area contributed by atoms with Crippen LogP contribution in [0.2, 0.25) is 0 Å². The molecule has 0 radical (unpaired) electrons. The van der Waals surface area contributed by atoms with Crippen LogP contribution < -0.4 is 4.74 Å². The number of aromatic nitrogens is 5. The van der Waals surface area contributed by atoms with Gasteiger partial charge in [-0.25, -0.2) is 0 Å². The zero-order valence-electron chi connectivity index (χ0n) is 51.8. The first-order valence-corrected chi connectivity index (χ1v) is 26.3. The Balaban J connectivity index is 0.999. The van der Waals surface area contributed by atoms with Crippen LogP contribution in [0.3, 0.4) is 0 Å². The molecule has 77 heavy (non-hydrogen) atoms. The summed E-state index contributed by atoms with van der Waals surface area (Å²) in [6.07, 6.45) is 1.85. The second-order valence-electron chi connectivity index (χ2n) is 19.8. The van der Waals surface area contributed by atoms with Crippen LogP contribution in [0.4, 0.5) is 0 Å². The fourth-order valence-electron chi connectivity index (χ4n) is 10.7. The van der Waals surface area contributed by atoms with Gasteiger partial charge in [0.05, 0.1) is 0 Å². The molecule has 0 saturated carbocycles. The van der Waals surface area contributed by atoms with Gasteiger partial charge in [-0.05, 0) is 28.2 Å². The molecule has 0 amide bonds. The van der Waals surface area contributed by atoms with Crippen molar-refractivity contribution in [1.29, 1.82) is 0 Å². The van der Waals surface area contributed by atoms with Gasteiger partial charge in [-0.3, -0.25) is 0 Å². The van der Waals surface area contributed by atoms with E-state index in [2.05, 4.69) is 93.2 Å². The summed E-state index contributed by atoms with van der Waals surface area (Å²) in [5, 5.41) is 3.82. The molecule has 0 atom stereocenters. The zero-order valence-corrected chi connectivity index (χ0v) is 44.1. The molecular weight excluding hydrogens is 1120 g/mol. The molecule has 0 unspecified atom stereocenters. The van der Waals surface area contributed by atoms with Crippen LogP contribution in [-0.4, -0.2) is 23.3 Å². The van der Waals surface area contributed by atoms with E-state index in [0.717, 1.165) is 66.1 Å². The molecule has 0 bridgehead atoms. The van der Waals surface area contributed by atoms with Gasteiger partial charge in [-0.2, -0.15) is 0 Å². The molecule has 0 fully saturated rings. The van der Waals surface area contributed by atoms with Crippen molar-refractivity contribution in [3.05, 3.63) is 264 Å². The molecular formula is C70H49N5OPt-2. The first-order valence-electron chi connectivity index (χ1n) is 30.1. The summed E-state index contributed by atoms with van der Waals surface area (Å²) in [6, 6.07) is 58.8. The van der Waals surface area contributed by atoms with Gasteiger partial charge in [0.15, 0.2) is 0 Å². The number of benzene rings is 10. The molecule has 0 aliphatic rings. The van der Waals surface area contributed by atoms with Crippen molar-refractivity contribution in [2.75, 3.05) is 0 Å². The molecule has 0 saturated heterocycles. The Bertz CT molecular complexity index is 5090. The van der Waals surface area contributed by atoms with Crippen molar-refractivity contribution < 1.29 is 37.8 Å². The van der Waals surface area contributed by atoms with Gasteiger partial charge < -0.3 is 0 Å². The van der Waals surface area contributed by atoms with E-state index >= 15 is 0 Å². The number of imidazole rings is 1. The van der Waals surface area contributed by atoms with E-state index in [-0.39, 0.29) is 33.4 Å². The van der Waals surface area contributed by atoms with Crippen LogP contribution in [0, 0.1) is 15.9 Å². The summed E-state index contributed by atoms with van der Waals surface area (Å²) in [7, 11) is 0. The molecule has 7 heteroatoms. The monoisotopic (exact) mass is 1180 g/mol. The quantitative estimate of drug-likeness (QED) is 0.135. The van der Waals surface area contributed by atoms with Gasteiger partial charge >= 0.3 is 382 Å². The van der Waals surface area contributed by atoms with Crippen LogP contribution in [-0.2, 0) is 24.8 Å². The molecule has 10 aromatic carbocycles. The van der Waals surface area contributed by atoms with E-state index in [1.165, 1.54) is 0 Å². The molecule has 4 heterocycles. The first-order chi connectivity index (χ1) is 41.9. The van der Waals surface area contributed by atoms with Crippen LogP contribution in [0.5, 0.6) is 11.5 Å². The maximum atomic E-state index is 9.59. The van der Waals surface area contributed by atoms with E-state index in [9.17, 15) is 5.48 Å². The molecule has 4 aromatic heterocycles. The van der Waals surface area contributed by atoms with Crippen molar-refractivity contribution in [2.45, 2.75) is 26.2 Å². The van der Waals surface area contributed by atoms with Crippen molar-refractivity contribution in [3.8, 4) is 67.8 Å². The maximum absolute atomic E-state index is 9.59. The molecule has 14 aromatic rings. The Kier molecular flexibility index (Phi) is 8.90. The zero-order chi connectivity index (χ0) is 60.5. The van der Waals surface area contributed by atoms with Crippen molar-refractivity contribution in [1.82, 2.24) is 23.3 Å². The minimum atomic E-state index is -0.587. The van der Waals surface area contributed by atoms with Crippen LogP contribution >= 0.6 is 0 Å². The van der Waals surface area contributed by atoms with Gasteiger partial charge in [0.25, 0.3) is 0 Å². The van der Waals surface area contributed by atoms with Crippen molar-refractivity contribution in [2.24, 2.45) is 0 Å². The number of rotatable bonds is 9. The molecule has 372 valence electrons. The summed E-state index contributed by atoms with van der Waals surface area (Å²) in [4.78, 5) is 4.92. The van der Waals surface area contributed by atoms with E-state index < -0.39 is 60.4 Å². The summed E-state index contributed by atoms with van der Waals surface area (Å²) in [5.74, 6) is 1.53. The molecule has 0 aliphatic heterocycles. The third-order valence-electron chi connectivity index (χ3n) is 14.2. The second kappa shape index (κ2) is 18.6. The predicted octanol–water partition coefficient (Wildman–Crippen LogP) is 17.8. The molecule has 0 aliphatic carbocycles. The molecule has 0 spiro atoms. The first kappa shape index (κ1) is 36.8. The fraction of sp³-hybridized carbons (Fsp3) is 0.0571. The molecule has 14 rings (SSSR count). The Morgan fingerprint density at radius 3 is 1.73 bits per heavy atom. The van der Waals surface area contributed by atoms with E-state index in [4.69, 9.17) is 17.9 Å². The Hall–Kier alpha value is -9.09. The number of ether oxygens (including phenoxy) is 1. The van der Waals surface area contributed by atoms with Gasteiger partial charge in [0, 0.05) is 6.20 Å². The summed E-state index contributed by atoms with van der Waals surface area (Å²) in [6.45, 7) is 6.54. The Morgan fingerprint density at radius 1 is 0.468 bits per heavy atom. The van der Waals surface area contributed by atoms with Gasteiger partial charge in [-0.1, -0.05) is 57.2 Å². The normalized spacial score (nSPS) is 13.7. The Labute approximate surface area is 471 Å². The third kappa shape index (κ3) is 7.98. The SMILES string of the molecule is [2H]c1c([2H])c([2H])c(-c2cc(-n3c4ccccc4c4ccccc43)cc(-c3c([2H])c([2H])c([2H])c([2H])c3[2H])c2-n2[c](=[Pt])n(-c3[c-]c(Oc4[c-]c5c(cc4)c4cc(-c6ccccc6)ccc4n5-c4cc(C(C)(C)C)ccn4)ccc3)c3ccccc32)c([2H])c1[2H]. The van der Waals surface area contributed by atoms with Crippen LogP contribution in [0.1, 0.15) is 40.0 Å². The van der Waals surface area contributed by atoms with E-state index in [1.807, 2.05) is 147 Å². The number of para-hydroxylation sites is 4. The van der Waals surface area contributed by atoms with Gasteiger partial charge in [-0.15, -0.1) is 0 Å². The van der Waals surface area contributed by atoms with Gasteiger partial charge in [0.1, 0.15) is 0 Å². The predicted molar refractivity (Wildman–Crippen MR) is 312 cm³/mol. The summed E-state index contributed by atoms with van der Waals surface area (Å²) < 4.78 is 107. The Morgan fingerprint density at radius 2 is 1.06 bits per heavy atom. The topological polar surface area (TPSA) is 41.8 Å². The number of nitrogens with zero attached hydrogens (tertiary/aromatic N) is 5. The number of pyridine rings is 1. The number of fused-ring (bicyclic) bond motifs is 7. The summed E-state index contributed by atoms with van der Waals surface area (Å²) in [5.41, 5.74) is 8.80. The second-order valence-corrected chi connectivity index (χ2v) is 20.8. The van der Waals surface area contributed by atoms with E-state index in [1.54, 1.807) is 12.1 Å². The third-order valence-corrected chi connectivity index (χ3v) is 15.2. The fourth-order valence-corrected chi connectivity index (χ4v) is 11.8. The molecule has 6 nitrogen and oxygen atoms in total. The standard InChI is InChI=1S/C70H49N5O.Pt/c1-70(2,3)51-38-39-71-68(41-51)75-64-37-34-50(47-20-7-4-8-21-47)40-61(64)58-36-35-55(45-67(58)75)76-54-27-19-26-52(42-54)72-46-73(66-33-18-17-32-65(66)72)69-59(48-22-9-5-10-23-48)43-53(44-60(69)49-24-11-6-12-25-49)74-62-30-15-13-28-56(62)57-29-14-16-31-63(57)74;/h4-41,43-44H,1-3H3;/q-2;/i5D,6D,9D,10D,11D,12D,22D,23D,24D,25D;. The number of hydrogen-bond acceptors (Lipinski definition) is 2. The average Bonchev–Trinajstić information content (AvgIpc) is 1.76. The number of hydrogen-bond donors (Lipinski definition) is 0.